The van der Waals surface area contributed by atoms with Crippen molar-refractivity contribution in [3.05, 3.63) is 29.3 Å². The molecule has 1 amide bonds. The van der Waals surface area contributed by atoms with Gasteiger partial charge >= 0.3 is 0 Å². The predicted molar refractivity (Wildman–Crippen MR) is 89.6 cm³/mol. The first-order chi connectivity index (χ1) is 11.1. The molecule has 1 aliphatic carbocycles. The van der Waals surface area contributed by atoms with E-state index >= 15 is 0 Å². The van der Waals surface area contributed by atoms with Crippen LogP contribution in [0.15, 0.2) is 23.1 Å². The second kappa shape index (κ2) is 6.11. The second-order valence-electron chi connectivity index (χ2n) is 6.81. The van der Waals surface area contributed by atoms with E-state index in [1.54, 1.807) is 11.8 Å². The summed E-state index contributed by atoms with van der Waals surface area (Å²) in [5.41, 5.74) is 2.56. The van der Waals surface area contributed by atoms with Gasteiger partial charge < -0.3 is 14.8 Å². The Kier molecular flexibility index (Phi) is 4.12. The van der Waals surface area contributed by atoms with E-state index < -0.39 is 0 Å². The van der Waals surface area contributed by atoms with Crippen LogP contribution in [0, 0.1) is 6.92 Å². The molecule has 4 rings (SSSR count). The van der Waals surface area contributed by atoms with E-state index in [2.05, 4.69) is 30.4 Å². The topological polar surface area (TPSA) is 47.6 Å². The van der Waals surface area contributed by atoms with Crippen molar-refractivity contribution < 1.29 is 14.3 Å². The first-order valence-electron chi connectivity index (χ1n) is 8.48. The highest BCUT2D eigenvalue weighted by Gasteiger charge is 2.41. The summed E-state index contributed by atoms with van der Waals surface area (Å²) in [4.78, 5) is 13.8. The smallest absolute Gasteiger partial charge is 0.234 e. The van der Waals surface area contributed by atoms with Crippen molar-refractivity contribution >= 4 is 17.7 Å². The SMILES string of the molecule is Cc1ccc2c(c1)S[C@@H](C(=O)NC1CCC3(CC1)OCCO3)C2. The number of aryl methyl sites for hydroxylation is 1. The summed E-state index contributed by atoms with van der Waals surface area (Å²) in [5, 5.41) is 3.26. The Bertz CT molecular complexity index is 602. The minimum absolute atomic E-state index is 0.0154. The monoisotopic (exact) mass is 333 g/mol. The maximum absolute atomic E-state index is 12.6. The van der Waals surface area contributed by atoms with Crippen molar-refractivity contribution in [1.82, 2.24) is 5.32 Å². The third-order valence-electron chi connectivity index (χ3n) is 5.10. The summed E-state index contributed by atoms with van der Waals surface area (Å²) >= 11 is 1.70. The highest BCUT2D eigenvalue weighted by Crippen LogP contribution is 2.39. The number of amides is 1. The van der Waals surface area contributed by atoms with Crippen molar-refractivity contribution in [2.45, 2.75) is 61.0 Å². The molecule has 1 N–H and O–H groups in total. The number of nitrogens with one attached hydrogen (secondary N) is 1. The molecule has 2 fully saturated rings. The van der Waals surface area contributed by atoms with Gasteiger partial charge in [0.15, 0.2) is 5.79 Å². The molecule has 4 nitrogen and oxygen atoms in total. The third-order valence-corrected chi connectivity index (χ3v) is 6.40. The lowest BCUT2D eigenvalue weighted by Gasteiger charge is -2.35. The predicted octanol–water partition coefficient (Wildman–Crippen LogP) is 2.81. The van der Waals surface area contributed by atoms with Crippen LogP contribution < -0.4 is 5.32 Å². The van der Waals surface area contributed by atoms with Crippen LogP contribution in [0.4, 0.5) is 0 Å². The second-order valence-corrected chi connectivity index (χ2v) is 8.06. The van der Waals surface area contributed by atoms with Gasteiger partial charge in [0.25, 0.3) is 0 Å². The fourth-order valence-corrected chi connectivity index (χ4v) is 5.06. The number of hydrogen-bond acceptors (Lipinski definition) is 4. The Balaban J connectivity index is 1.31. The first kappa shape index (κ1) is 15.5. The number of ether oxygens (including phenoxy) is 2. The van der Waals surface area contributed by atoms with Crippen LogP contribution in [0.1, 0.15) is 36.8 Å². The zero-order chi connectivity index (χ0) is 15.9. The molecule has 2 aliphatic heterocycles. The molecule has 1 saturated carbocycles. The van der Waals surface area contributed by atoms with Gasteiger partial charge in [-0.1, -0.05) is 17.7 Å². The average molecular weight is 333 g/mol. The van der Waals surface area contributed by atoms with Crippen LogP contribution >= 0.6 is 11.8 Å². The number of carbonyl (C=O) groups excluding carboxylic acids is 1. The van der Waals surface area contributed by atoms with Gasteiger partial charge in [-0.2, -0.15) is 0 Å². The molecule has 0 radical (unpaired) electrons. The fourth-order valence-electron chi connectivity index (χ4n) is 3.76. The largest absolute Gasteiger partial charge is 0.352 e. The van der Waals surface area contributed by atoms with Gasteiger partial charge in [-0.3, -0.25) is 4.79 Å². The quantitative estimate of drug-likeness (QED) is 0.904. The first-order valence-corrected chi connectivity index (χ1v) is 9.36. The molecule has 5 heteroatoms. The molecule has 1 atom stereocenters. The van der Waals surface area contributed by atoms with E-state index in [4.69, 9.17) is 9.47 Å². The fraction of sp³-hybridized carbons (Fsp3) is 0.611. The van der Waals surface area contributed by atoms with Crippen LogP contribution in [0.5, 0.6) is 0 Å². The molecule has 3 aliphatic rings. The number of carbonyl (C=O) groups is 1. The van der Waals surface area contributed by atoms with E-state index in [0.717, 1.165) is 32.1 Å². The molecule has 1 aromatic rings. The normalized spacial score (nSPS) is 26.4. The van der Waals surface area contributed by atoms with E-state index in [9.17, 15) is 4.79 Å². The Labute approximate surface area is 141 Å². The standard InChI is InChI=1S/C18H23NO3S/c1-12-2-3-13-11-16(23-15(13)10-12)17(20)19-14-4-6-18(7-5-14)21-8-9-22-18/h2-3,10,14,16H,4-9,11H2,1H3,(H,19,20)/t16-/m1/s1. The lowest BCUT2D eigenvalue weighted by Crippen LogP contribution is -2.46. The summed E-state index contributed by atoms with van der Waals surface area (Å²) in [6, 6.07) is 6.73. The molecule has 0 bridgehead atoms. The van der Waals surface area contributed by atoms with Gasteiger partial charge in [0.1, 0.15) is 0 Å². The van der Waals surface area contributed by atoms with Crippen LogP contribution in [0.3, 0.4) is 0 Å². The van der Waals surface area contributed by atoms with Crippen LogP contribution in [0.25, 0.3) is 0 Å². The van der Waals surface area contributed by atoms with Gasteiger partial charge in [-0.05, 0) is 37.8 Å². The van der Waals surface area contributed by atoms with Crippen molar-refractivity contribution in [3.63, 3.8) is 0 Å². The molecule has 2 heterocycles. The van der Waals surface area contributed by atoms with Crippen LogP contribution in [-0.2, 0) is 20.7 Å². The highest BCUT2D eigenvalue weighted by atomic mass is 32.2. The molecule has 1 saturated heterocycles. The van der Waals surface area contributed by atoms with E-state index in [0.29, 0.717) is 13.2 Å². The molecular formula is C18H23NO3S. The Morgan fingerprint density at radius 1 is 1.26 bits per heavy atom. The number of rotatable bonds is 2. The van der Waals surface area contributed by atoms with E-state index in [1.807, 2.05) is 0 Å². The van der Waals surface area contributed by atoms with Gasteiger partial charge in [-0.15, -0.1) is 11.8 Å². The summed E-state index contributed by atoms with van der Waals surface area (Å²) in [5.74, 6) is -0.171. The molecule has 23 heavy (non-hydrogen) atoms. The molecule has 0 aromatic heterocycles. The summed E-state index contributed by atoms with van der Waals surface area (Å²) in [7, 11) is 0. The van der Waals surface area contributed by atoms with Crippen molar-refractivity contribution in [1.29, 1.82) is 0 Å². The number of thioether (sulfide) groups is 1. The van der Waals surface area contributed by atoms with Gasteiger partial charge in [0, 0.05) is 23.8 Å². The molecule has 124 valence electrons. The van der Waals surface area contributed by atoms with Crippen molar-refractivity contribution in [2.75, 3.05) is 13.2 Å². The Morgan fingerprint density at radius 2 is 2.00 bits per heavy atom. The van der Waals surface area contributed by atoms with Gasteiger partial charge in [-0.25, -0.2) is 0 Å². The molecule has 1 spiro atoms. The molecular weight excluding hydrogens is 310 g/mol. The Morgan fingerprint density at radius 3 is 2.74 bits per heavy atom. The van der Waals surface area contributed by atoms with Crippen LogP contribution in [-0.4, -0.2) is 36.2 Å². The maximum atomic E-state index is 12.6. The Hall–Kier alpha value is -1.04. The highest BCUT2D eigenvalue weighted by molar-refractivity contribution is 8.01. The zero-order valence-corrected chi connectivity index (χ0v) is 14.3. The number of benzene rings is 1. The number of fused-ring (bicyclic) bond motifs is 1. The third kappa shape index (κ3) is 3.14. The summed E-state index contributed by atoms with van der Waals surface area (Å²) in [6.07, 6.45) is 4.49. The lowest BCUT2D eigenvalue weighted by atomic mass is 9.90. The zero-order valence-electron chi connectivity index (χ0n) is 13.5. The maximum Gasteiger partial charge on any atom is 0.234 e. The summed E-state index contributed by atoms with van der Waals surface area (Å²) < 4.78 is 11.5. The number of hydrogen-bond donors (Lipinski definition) is 1. The summed E-state index contributed by atoms with van der Waals surface area (Å²) in [6.45, 7) is 3.50. The van der Waals surface area contributed by atoms with Crippen molar-refractivity contribution in [2.24, 2.45) is 0 Å². The van der Waals surface area contributed by atoms with Crippen molar-refractivity contribution in [3.8, 4) is 0 Å². The van der Waals surface area contributed by atoms with Gasteiger partial charge in [0.2, 0.25) is 5.91 Å². The molecule has 1 aromatic carbocycles. The minimum Gasteiger partial charge on any atom is -0.352 e. The molecule has 0 unspecified atom stereocenters. The van der Waals surface area contributed by atoms with Crippen LogP contribution in [0.2, 0.25) is 0 Å². The van der Waals surface area contributed by atoms with Gasteiger partial charge in [0.05, 0.1) is 18.5 Å². The minimum atomic E-state index is -0.350. The van der Waals surface area contributed by atoms with E-state index in [1.165, 1.54) is 16.0 Å². The van der Waals surface area contributed by atoms with E-state index in [-0.39, 0.29) is 23.0 Å². The lowest BCUT2D eigenvalue weighted by molar-refractivity contribution is -0.180. The average Bonchev–Trinajstić information content (AvgIpc) is 3.16.